The lowest BCUT2D eigenvalue weighted by Crippen LogP contribution is -2.49. The van der Waals surface area contributed by atoms with Crippen LogP contribution < -0.4 is 9.80 Å². The second-order valence-electron chi connectivity index (χ2n) is 6.56. The van der Waals surface area contributed by atoms with Crippen molar-refractivity contribution in [3.63, 3.8) is 0 Å². The third-order valence-corrected chi connectivity index (χ3v) is 6.17. The molecule has 2 heterocycles. The van der Waals surface area contributed by atoms with Crippen LogP contribution in [0.4, 0.5) is 20.4 Å². The van der Waals surface area contributed by atoms with Gasteiger partial charge in [-0.15, -0.1) is 10.2 Å². The number of sulfonamides is 1. The zero-order chi connectivity index (χ0) is 19.6. The minimum absolute atomic E-state index is 0.0973. The van der Waals surface area contributed by atoms with Crippen LogP contribution in [0.15, 0.2) is 30.3 Å². The van der Waals surface area contributed by atoms with E-state index in [2.05, 4.69) is 10.2 Å². The van der Waals surface area contributed by atoms with E-state index in [1.54, 1.807) is 0 Å². The third kappa shape index (κ3) is 4.69. The summed E-state index contributed by atoms with van der Waals surface area (Å²) in [5.74, 6) is -0.583. The lowest BCUT2D eigenvalue weighted by molar-refractivity contribution is 0.383. The molecular weight excluding hydrogens is 376 g/mol. The van der Waals surface area contributed by atoms with Gasteiger partial charge in [-0.1, -0.05) is 0 Å². The monoisotopic (exact) mass is 397 g/mol. The van der Waals surface area contributed by atoms with Gasteiger partial charge in [-0.2, -0.15) is 4.31 Å². The average molecular weight is 397 g/mol. The molecule has 0 unspecified atom stereocenters. The van der Waals surface area contributed by atoms with Gasteiger partial charge in [-0.05, 0) is 29.8 Å². The number of aromatic nitrogens is 2. The van der Waals surface area contributed by atoms with Crippen molar-refractivity contribution in [1.82, 2.24) is 14.5 Å². The van der Waals surface area contributed by atoms with Gasteiger partial charge in [-0.25, -0.2) is 17.2 Å². The lowest BCUT2D eigenvalue weighted by Gasteiger charge is -2.34. The van der Waals surface area contributed by atoms with Crippen molar-refractivity contribution in [1.29, 1.82) is 0 Å². The number of halogens is 2. The highest BCUT2D eigenvalue weighted by Crippen LogP contribution is 2.19. The van der Waals surface area contributed by atoms with Crippen molar-refractivity contribution >= 4 is 21.7 Å². The Kier molecular flexibility index (Phi) is 5.56. The van der Waals surface area contributed by atoms with Crippen LogP contribution >= 0.6 is 0 Å². The normalized spacial score (nSPS) is 15.8. The van der Waals surface area contributed by atoms with Gasteiger partial charge >= 0.3 is 0 Å². The quantitative estimate of drug-likeness (QED) is 0.761. The molecule has 1 saturated heterocycles. The second kappa shape index (κ2) is 7.73. The molecule has 0 amide bonds. The lowest BCUT2D eigenvalue weighted by atomic mass is 10.2. The zero-order valence-electron chi connectivity index (χ0n) is 15.1. The summed E-state index contributed by atoms with van der Waals surface area (Å²) in [5.41, 5.74) is 0.0973. The van der Waals surface area contributed by atoms with E-state index >= 15 is 0 Å². The molecule has 3 rings (SSSR count). The number of anilines is 2. The number of rotatable bonds is 5. The summed E-state index contributed by atoms with van der Waals surface area (Å²) in [7, 11) is 0.0828. The number of piperazine rings is 1. The molecule has 1 aromatic heterocycles. The maximum absolute atomic E-state index is 13.3. The first kappa shape index (κ1) is 19.4. The van der Waals surface area contributed by atoms with Gasteiger partial charge in [0, 0.05) is 46.3 Å². The fraction of sp³-hybridized carbons (Fsp3) is 0.412. The summed E-state index contributed by atoms with van der Waals surface area (Å²) in [6.07, 6.45) is 0. The van der Waals surface area contributed by atoms with Crippen molar-refractivity contribution in [3.8, 4) is 0 Å². The van der Waals surface area contributed by atoms with Crippen molar-refractivity contribution in [3.05, 3.63) is 47.5 Å². The van der Waals surface area contributed by atoms with Crippen LogP contribution in [0.3, 0.4) is 0 Å². The van der Waals surface area contributed by atoms with Gasteiger partial charge in [0.05, 0.1) is 5.75 Å². The Bertz CT molecular complexity index is 878. The van der Waals surface area contributed by atoms with Crippen LogP contribution in [0, 0.1) is 11.6 Å². The molecule has 7 nitrogen and oxygen atoms in total. The smallest absolute Gasteiger partial charge is 0.218 e. The molecular formula is C17H21F2N5O2S. The highest BCUT2D eigenvalue weighted by atomic mass is 32.2. The Morgan fingerprint density at radius 2 is 1.63 bits per heavy atom. The van der Waals surface area contributed by atoms with Gasteiger partial charge in [-0.3, -0.25) is 0 Å². The van der Waals surface area contributed by atoms with Gasteiger partial charge in [0.15, 0.2) is 11.6 Å². The fourth-order valence-electron chi connectivity index (χ4n) is 2.92. The second-order valence-corrected chi connectivity index (χ2v) is 8.53. The molecule has 0 atom stereocenters. The summed E-state index contributed by atoms with van der Waals surface area (Å²) in [6, 6.07) is 6.50. The summed E-state index contributed by atoms with van der Waals surface area (Å²) >= 11 is 0. The Balaban J connectivity index is 1.63. The van der Waals surface area contributed by atoms with Crippen molar-refractivity contribution in [2.45, 2.75) is 5.75 Å². The van der Waals surface area contributed by atoms with Gasteiger partial charge in [0.1, 0.15) is 11.6 Å². The van der Waals surface area contributed by atoms with E-state index in [9.17, 15) is 17.2 Å². The van der Waals surface area contributed by atoms with Crippen LogP contribution in [0.1, 0.15) is 5.56 Å². The SMILES string of the molecule is CN(C)c1ccc(N2CCN(S(=O)(=O)Cc3cc(F)cc(F)c3)CC2)nn1. The van der Waals surface area contributed by atoms with E-state index in [-0.39, 0.29) is 18.7 Å². The third-order valence-electron chi connectivity index (χ3n) is 4.32. The number of benzene rings is 1. The van der Waals surface area contributed by atoms with E-state index in [0.29, 0.717) is 18.9 Å². The predicted molar refractivity (Wildman–Crippen MR) is 99.1 cm³/mol. The van der Waals surface area contributed by atoms with Crippen LogP contribution in [0.25, 0.3) is 0 Å². The predicted octanol–water partition coefficient (Wildman–Crippen LogP) is 1.47. The molecule has 1 aliphatic heterocycles. The van der Waals surface area contributed by atoms with Crippen molar-refractivity contribution < 1.29 is 17.2 Å². The van der Waals surface area contributed by atoms with E-state index < -0.39 is 27.4 Å². The summed E-state index contributed by atoms with van der Waals surface area (Å²) in [4.78, 5) is 3.80. The number of hydrogen-bond acceptors (Lipinski definition) is 6. The van der Waals surface area contributed by atoms with E-state index in [4.69, 9.17) is 0 Å². The highest BCUT2D eigenvalue weighted by Gasteiger charge is 2.28. The van der Waals surface area contributed by atoms with Crippen molar-refractivity contribution in [2.24, 2.45) is 0 Å². The van der Waals surface area contributed by atoms with Crippen LogP contribution in [-0.4, -0.2) is 63.2 Å². The minimum atomic E-state index is -3.66. The van der Waals surface area contributed by atoms with Gasteiger partial charge in [0.2, 0.25) is 10.0 Å². The largest absolute Gasteiger partial charge is 0.361 e. The van der Waals surface area contributed by atoms with Crippen molar-refractivity contribution in [2.75, 3.05) is 50.1 Å². The summed E-state index contributed by atoms with van der Waals surface area (Å²) in [6.45, 7) is 1.48. The van der Waals surface area contributed by atoms with Crippen LogP contribution in [-0.2, 0) is 15.8 Å². The summed E-state index contributed by atoms with van der Waals surface area (Å²) in [5, 5.41) is 8.31. The Hall–Kier alpha value is -2.33. The molecule has 146 valence electrons. The average Bonchev–Trinajstić information content (AvgIpc) is 2.60. The zero-order valence-corrected chi connectivity index (χ0v) is 16.0. The maximum Gasteiger partial charge on any atom is 0.218 e. The molecule has 10 heteroatoms. The topological polar surface area (TPSA) is 69.6 Å². The molecule has 0 N–H and O–H groups in total. The van der Waals surface area contributed by atoms with E-state index in [1.165, 1.54) is 4.31 Å². The van der Waals surface area contributed by atoms with Crippen LogP contribution in [0.5, 0.6) is 0 Å². The Morgan fingerprint density at radius 1 is 1.00 bits per heavy atom. The Morgan fingerprint density at radius 3 is 2.15 bits per heavy atom. The molecule has 1 aliphatic rings. The maximum atomic E-state index is 13.3. The standard InChI is InChI=1S/C17H21F2N5O2S/c1-22(2)16-3-4-17(21-20-16)23-5-7-24(8-6-23)27(25,26)12-13-9-14(18)11-15(19)10-13/h3-4,9-11H,5-8,12H2,1-2H3. The van der Waals surface area contributed by atoms with E-state index in [0.717, 1.165) is 24.0 Å². The molecule has 27 heavy (non-hydrogen) atoms. The molecule has 0 spiro atoms. The molecule has 0 aliphatic carbocycles. The number of nitrogens with zero attached hydrogens (tertiary/aromatic N) is 5. The molecule has 0 saturated carbocycles. The highest BCUT2D eigenvalue weighted by molar-refractivity contribution is 7.88. The molecule has 2 aromatic rings. The molecule has 0 bridgehead atoms. The Labute approximate surface area is 157 Å². The molecule has 1 aromatic carbocycles. The number of hydrogen-bond donors (Lipinski definition) is 0. The van der Waals surface area contributed by atoms with Gasteiger partial charge in [0.25, 0.3) is 0 Å². The minimum Gasteiger partial charge on any atom is -0.361 e. The first-order valence-electron chi connectivity index (χ1n) is 8.43. The van der Waals surface area contributed by atoms with Crippen LogP contribution in [0.2, 0.25) is 0 Å². The fourth-order valence-corrected chi connectivity index (χ4v) is 4.41. The first-order chi connectivity index (χ1) is 12.7. The summed E-state index contributed by atoms with van der Waals surface area (Å²) < 4.78 is 53.1. The molecule has 0 radical (unpaired) electrons. The molecule has 1 fully saturated rings. The van der Waals surface area contributed by atoms with Gasteiger partial charge < -0.3 is 9.80 Å². The van der Waals surface area contributed by atoms with E-state index in [1.807, 2.05) is 36.0 Å². The first-order valence-corrected chi connectivity index (χ1v) is 10.0.